The quantitative estimate of drug-likeness (QED) is 0.821. The van der Waals surface area contributed by atoms with Gasteiger partial charge in [-0.25, -0.2) is 0 Å². The predicted octanol–water partition coefficient (Wildman–Crippen LogP) is 4.32. The maximum Gasteiger partial charge on any atom is 0.0247 e. The van der Waals surface area contributed by atoms with Gasteiger partial charge < -0.3 is 5.32 Å². The number of nitrogens with zero attached hydrogens (tertiary/aromatic N) is 1. The summed E-state index contributed by atoms with van der Waals surface area (Å²) in [6.07, 6.45) is 5.41. The number of rotatable bonds is 6. The van der Waals surface area contributed by atoms with Gasteiger partial charge in [0.15, 0.2) is 0 Å². The fraction of sp³-hybridized carbons (Fsp3) is 0.667. The zero-order valence-electron chi connectivity index (χ0n) is 13.2. The molecule has 2 nitrogen and oxygen atoms in total. The van der Waals surface area contributed by atoms with Crippen molar-refractivity contribution in [1.29, 1.82) is 0 Å². The van der Waals surface area contributed by atoms with E-state index in [9.17, 15) is 0 Å². The average molecular weight is 351 g/mol. The third-order valence-electron chi connectivity index (χ3n) is 4.85. The molecule has 2 aliphatic rings. The molecule has 1 saturated heterocycles. The lowest BCUT2D eigenvalue weighted by atomic mass is 10.0. The largest absolute Gasteiger partial charge is 0.310 e. The minimum Gasteiger partial charge on any atom is -0.310 e. The van der Waals surface area contributed by atoms with Gasteiger partial charge in [-0.15, -0.1) is 0 Å². The van der Waals surface area contributed by atoms with Gasteiger partial charge in [0.1, 0.15) is 0 Å². The number of halogens is 1. The molecule has 1 aromatic rings. The number of benzene rings is 1. The van der Waals surface area contributed by atoms with E-state index in [0.717, 1.165) is 31.1 Å². The Balaban J connectivity index is 1.62. The van der Waals surface area contributed by atoms with Crippen LogP contribution in [0.5, 0.6) is 0 Å². The Bertz CT molecular complexity index is 482. The van der Waals surface area contributed by atoms with Crippen molar-refractivity contribution in [3.05, 3.63) is 33.8 Å². The molecule has 2 fully saturated rings. The van der Waals surface area contributed by atoms with Gasteiger partial charge in [-0.2, -0.15) is 0 Å². The first kappa shape index (κ1) is 15.5. The van der Waals surface area contributed by atoms with Gasteiger partial charge in [0.2, 0.25) is 0 Å². The van der Waals surface area contributed by atoms with Crippen LogP contribution in [0.4, 0.5) is 0 Å². The molecule has 21 heavy (non-hydrogen) atoms. The molecule has 0 amide bonds. The molecule has 1 aliphatic carbocycles. The molecule has 0 bridgehead atoms. The van der Waals surface area contributed by atoms with Crippen LogP contribution in [0.15, 0.2) is 22.7 Å². The summed E-state index contributed by atoms with van der Waals surface area (Å²) in [5.74, 6) is 0.758. The first-order valence-corrected chi connectivity index (χ1v) is 9.17. The molecule has 0 aromatic heterocycles. The fourth-order valence-corrected chi connectivity index (χ4v) is 3.95. The Hall–Kier alpha value is -0.380. The molecule has 1 aliphatic heterocycles. The molecular formula is C18H27BrN2. The molecule has 3 rings (SSSR count). The molecule has 3 heteroatoms. The molecule has 1 heterocycles. The minimum absolute atomic E-state index is 0.758. The van der Waals surface area contributed by atoms with E-state index in [0.29, 0.717) is 0 Å². The van der Waals surface area contributed by atoms with Crippen molar-refractivity contribution in [2.45, 2.75) is 64.7 Å². The normalized spacial score (nSPS) is 23.1. The molecular weight excluding hydrogens is 324 g/mol. The summed E-state index contributed by atoms with van der Waals surface area (Å²) in [6.45, 7) is 8.04. The second-order valence-corrected chi connectivity index (χ2v) is 7.86. The third kappa shape index (κ3) is 4.08. The topological polar surface area (TPSA) is 15.3 Å². The van der Waals surface area contributed by atoms with Gasteiger partial charge in [0.25, 0.3) is 0 Å². The Morgan fingerprint density at radius 2 is 2.10 bits per heavy atom. The van der Waals surface area contributed by atoms with Gasteiger partial charge >= 0.3 is 0 Å². The first-order valence-electron chi connectivity index (χ1n) is 8.38. The SMILES string of the molecule is CC(C)C1CCCN1Cc1ccc(CNC2CC2)cc1Br. The van der Waals surface area contributed by atoms with Gasteiger partial charge in [0, 0.05) is 29.6 Å². The Morgan fingerprint density at radius 1 is 1.29 bits per heavy atom. The predicted molar refractivity (Wildman–Crippen MR) is 92.3 cm³/mol. The highest BCUT2D eigenvalue weighted by Crippen LogP contribution is 2.28. The Kier molecular flexibility index (Phi) is 5.03. The smallest absolute Gasteiger partial charge is 0.0247 e. The lowest BCUT2D eigenvalue weighted by Gasteiger charge is -2.28. The van der Waals surface area contributed by atoms with E-state index in [4.69, 9.17) is 0 Å². The summed E-state index contributed by atoms with van der Waals surface area (Å²) >= 11 is 3.78. The molecule has 116 valence electrons. The van der Waals surface area contributed by atoms with Crippen LogP contribution in [0.2, 0.25) is 0 Å². The summed E-state index contributed by atoms with van der Waals surface area (Å²) in [4.78, 5) is 2.66. The van der Waals surface area contributed by atoms with Crippen LogP contribution in [0, 0.1) is 5.92 Å². The highest BCUT2D eigenvalue weighted by Gasteiger charge is 2.27. The van der Waals surface area contributed by atoms with Gasteiger partial charge in [-0.3, -0.25) is 4.90 Å². The van der Waals surface area contributed by atoms with Crippen molar-refractivity contribution in [3.63, 3.8) is 0 Å². The van der Waals surface area contributed by atoms with E-state index in [1.54, 1.807) is 0 Å². The summed E-state index contributed by atoms with van der Waals surface area (Å²) in [7, 11) is 0. The van der Waals surface area contributed by atoms with E-state index in [1.807, 2.05) is 0 Å². The minimum atomic E-state index is 0.758. The van der Waals surface area contributed by atoms with Gasteiger partial charge in [0.05, 0.1) is 0 Å². The average Bonchev–Trinajstić information content (AvgIpc) is 3.16. The molecule has 1 unspecified atom stereocenters. The van der Waals surface area contributed by atoms with Crippen molar-refractivity contribution in [1.82, 2.24) is 10.2 Å². The summed E-state index contributed by atoms with van der Waals surface area (Å²) in [5, 5.41) is 3.58. The molecule has 1 aromatic carbocycles. The van der Waals surface area contributed by atoms with Crippen LogP contribution in [0.1, 0.15) is 50.7 Å². The van der Waals surface area contributed by atoms with E-state index in [2.05, 4.69) is 58.2 Å². The van der Waals surface area contributed by atoms with Gasteiger partial charge in [-0.1, -0.05) is 41.9 Å². The maximum absolute atomic E-state index is 3.78. The summed E-state index contributed by atoms with van der Waals surface area (Å²) in [6, 6.07) is 8.43. The number of nitrogens with one attached hydrogen (secondary N) is 1. The van der Waals surface area contributed by atoms with Crippen molar-refractivity contribution >= 4 is 15.9 Å². The maximum atomic E-state index is 3.78. The van der Waals surface area contributed by atoms with Crippen molar-refractivity contribution in [3.8, 4) is 0 Å². The Morgan fingerprint density at radius 3 is 2.76 bits per heavy atom. The van der Waals surface area contributed by atoms with Crippen LogP contribution < -0.4 is 5.32 Å². The standard InChI is InChI=1S/C18H27BrN2/c1-13(2)18-4-3-9-21(18)12-15-6-5-14(10-17(15)19)11-20-16-7-8-16/h5-6,10,13,16,18,20H,3-4,7-9,11-12H2,1-2H3. The number of likely N-dealkylation sites (tertiary alicyclic amines) is 1. The van der Waals surface area contributed by atoms with Gasteiger partial charge in [-0.05, 0) is 55.3 Å². The number of hydrogen-bond donors (Lipinski definition) is 1. The molecule has 1 N–H and O–H groups in total. The lowest BCUT2D eigenvalue weighted by Crippen LogP contribution is -2.32. The zero-order valence-corrected chi connectivity index (χ0v) is 14.8. The third-order valence-corrected chi connectivity index (χ3v) is 5.59. The fourth-order valence-electron chi connectivity index (χ4n) is 3.40. The molecule has 1 atom stereocenters. The van der Waals surface area contributed by atoms with Crippen LogP contribution >= 0.6 is 15.9 Å². The van der Waals surface area contributed by atoms with Crippen LogP contribution in [-0.4, -0.2) is 23.5 Å². The van der Waals surface area contributed by atoms with E-state index in [1.165, 1.54) is 47.8 Å². The molecule has 0 radical (unpaired) electrons. The summed E-state index contributed by atoms with van der Waals surface area (Å²) < 4.78 is 1.27. The lowest BCUT2D eigenvalue weighted by molar-refractivity contribution is 0.198. The number of hydrogen-bond acceptors (Lipinski definition) is 2. The first-order chi connectivity index (χ1) is 10.1. The van der Waals surface area contributed by atoms with E-state index >= 15 is 0 Å². The van der Waals surface area contributed by atoms with E-state index in [-0.39, 0.29) is 0 Å². The molecule has 0 spiro atoms. The monoisotopic (exact) mass is 350 g/mol. The van der Waals surface area contributed by atoms with Crippen LogP contribution in [0.25, 0.3) is 0 Å². The Labute approximate surface area is 137 Å². The zero-order chi connectivity index (χ0) is 14.8. The molecule has 1 saturated carbocycles. The van der Waals surface area contributed by atoms with Crippen LogP contribution in [-0.2, 0) is 13.1 Å². The highest BCUT2D eigenvalue weighted by molar-refractivity contribution is 9.10. The summed E-state index contributed by atoms with van der Waals surface area (Å²) in [5.41, 5.74) is 2.82. The van der Waals surface area contributed by atoms with Crippen molar-refractivity contribution < 1.29 is 0 Å². The highest BCUT2D eigenvalue weighted by atomic mass is 79.9. The van der Waals surface area contributed by atoms with Crippen molar-refractivity contribution in [2.75, 3.05) is 6.54 Å². The van der Waals surface area contributed by atoms with Crippen LogP contribution in [0.3, 0.4) is 0 Å². The van der Waals surface area contributed by atoms with Crippen molar-refractivity contribution in [2.24, 2.45) is 5.92 Å². The second-order valence-electron chi connectivity index (χ2n) is 7.01. The second kappa shape index (κ2) is 6.80. The van der Waals surface area contributed by atoms with E-state index < -0.39 is 0 Å².